The van der Waals surface area contributed by atoms with Gasteiger partial charge in [0.25, 0.3) is 0 Å². The first-order valence-corrected chi connectivity index (χ1v) is 7.09. The third-order valence-electron chi connectivity index (χ3n) is 2.87. The normalized spacial score (nSPS) is 11.5. The Morgan fingerprint density at radius 3 is 2.29 bits per heavy atom. The van der Waals surface area contributed by atoms with Crippen LogP contribution in [0.5, 0.6) is 0 Å². The predicted octanol–water partition coefficient (Wildman–Crippen LogP) is 5.55. The zero-order valence-electron chi connectivity index (χ0n) is 10.5. The lowest BCUT2D eigenvalue weighted by molar-refractivity contribution is -0.137. The number of Topliss-reactive ketones (excluding diaryl/α,β-unsaturated/α-hetero) is 1. The molecule has 110 valence electrons. The van der Waals surface area contributed by atoms with Crippen LogP contribution in [0.1, 0.15) is 21.5 Å². The Labute approximate surface area is 132 Å². The molecule has 0 heterocycles. The van der Waals surface area contributed by atoms with E-state index < -0.39 is 11.7 Å². The first kappa shape index (κ1) is 16.0. The summed E-state index contributed by atoms with van der Waals surface area (Å²) < 4.78 is 38.0. The minimum absolute atomic E-state index is 0.0110. The molecule has 1 nitrogen and oxygen atoms in total. The van der Waals surface area contributed by atoms with Gasteiger partial charge in [0, 0.05) is 21.5 Å². The second kappa shape index (κ2) is 6.20. The number of carbonyl (C=O) groups excluding carboxylic acids is 1. The number of carbonyl (C=O) groups is 1. The number of rotatable bonds is 3. The van der Waals surface area contributed by atoms with E-state index in [0.717, 1.165) is 12.1 Å². The van der Waals surface area contributed by atoms with Crippen molar-refractivity contribution < 1.29 is 18.0 Å². The van der Waals surface area contributed by atoms with E-state index in [1.807, 2.05) is 0 Å². The van der Waals surface area contributed by atoms with Crippen LogP contribution in [0.3, 0.4) is 0 Å². The van der Waals surface area contributed by atoms with Gasteiger partial charge in [-0.3, -0.25) is 4.79 Å². The zero-order chi connectivity index (χ0) is 15.6. The van der Waals surface area contributed by atoms with Crippen LogP contribution in [0.2, 0.25) is 5.02 Å². The molecule has 0 bridgehead atoms. The summed E-state index contributed by atoms with van der Waals surface area (Å²) in [5.41, 5.74) is 0.185. The van der Waals surface area contributed by atoms with Crippen LogP contribution in [0, 0.1) is 0 Å². The second-order valence-electron chi connectivity index (χ2n) is 4.42. The van der Waals surface area contributed by atoms with E-state index in [2.05, 4.69) is 15.9 Å². The van der Waals surface area contributed by atoms with Crippen molar-refractivity contribution in [1.82, 2.24) is 0 Å². The quantitative estimate of drug-likeness (QED) is 0.641. The van der Waals surface area contributed by atoms with Gasteiger partial charge < -0.3 is 0 Å². The SMILES string of the molecule is O=C(Cc1ccc(C(F)(F)F)cc1)c1cc(Cl)ccc1Br. The molecule has 21 heavy (non-hydrogen) atoms. The molecule has 0 aliphatic carbocycles. The summed E-state index contributed by atoms with van der Waals surface area (Å²) in [5.74, 6) is -0.218. The average Bonchev–Trinajstić information content (AvgIpc) is 2.41. The van der Waals surface area contributed by atoms with Crippen molar-refractivity contribution in [3.8, 4) is 0 Å². The molecule has 2 aromatic rings. The molecule has 0 aromatic heterocycles. The van der Waals surface area contributed by atoms with Gasteiger partial charge in [0.15, 0.2) is 5.78 Å². The van der Waals surface area contributed by atoms with Gasteiger partial charge in [-0.1, -0.05) is 39.7 Å². The van der Waals surface area contributed by atoms with Crippen LogP contribution in [0.25, 0.3) is 0 Å². The fraction of sp³-hybridized carbons (Fsp3) is 0.133. The van der Waals surface area contributed by atoms with Gasteiger partial charge in [-0.15, -0.1) is 0 Å². The molecule has 0 spiro atoms. The molecule has 0 aliphatic heterocycles. The molecule has 2 aromatic carbocycles. The molecule has 2 rings (SSSR count). The van der Waals surface area contributed by atoms with Crippen LogP contribution in [-0.2, 0) is 12.6 Å². The van der Waals surface area contributed by atoms with Crippen LogP contribution in [0.15, 0.2) is 46.9 Å². The van der Waals surface area contributed by atoms with Gasteiger partial charge in [0.2, 0.25) is 0 Å². The highest BCUT2D eigenvalue weighted by Crippen LogP contribution is 2.29. The van der Waals surface area contributed by atoms with E-state index in [4.69, 9.17) is 11.6 Å². The van der Waals surface area contributed by atoms with Gasteiger partial charge in [-0.25, -0.2) is 0 Å². The highest BCUT2D eigenvalue weighted by atomic mass is 79.9. The molecular weight excluding hydrogens is 369 g/mol. The van der Waals surface area contributed by atoms with Crippen molar-refractivity contribution >= 4 is 33.3 Å². The summed E-state index contributed by atoms with van der Waals surface area (Å²) in [6.45, 7) is 0. The summed E-state index contributed by atoms with van der Waals surface area (Å²) in [4.78, 5) is 12.2. The second-order valence-corrected chi connectivity index (χ2v) is 5.71. The topological polar surface area (TPSA) is 17.1 Å². The van der Waals surface area contributed by atoms with Gasteiger partial charge in [-0.05, 0) is 35.9 Å². The lowest BCUT2D eigenvalue weighted by Gasteiger charge is -2.08. The average molecular weight is 378 g/mol. The largest absolute Gasteiger partial charge is 0.416 e. The van der Waals surface area contributed by atoms with E-state index in [-0.39, 0.29) is 12.2 Å². The zero-order valence-corrected chi connectivity index (χ0v) is 12.9. The number of alkyl halides is 3. The van der Waals surface area contributed by atoms with Crippen molar-refractivity contribution in [2.75, 3.05) is 0 Å². The Morgan fingerprint density at radius 1 is 1.10 bits per heavy atom. The first-order valence-electron chi connectivity index (χ1n) is 5.92. The lowest BCUT2D eigenvalue weighted by Crippen LogP contribution is -2.07. The summed E-state index contributed by atoms with van der Waals surface area (Å²) in [6.07, 6.45) is -4.37. The van der Waals surface area contributed by atoms with Gasteiger partial charge in [-0.2, -0.15) is 13.2 Å². The Morgan fingerprint density at radius 2 is 1.71 bits per heavy atom. The third-order valence-corrected chi connectivity index (χ3v) is 3.80. The first-order chi connectivity index (χ1) is 9.77. The molecule has 0 atom stereocenters. The Balaban J connectivity index is 2.18. The van der Waals surface area contributed by atoms with E-state index in [0.29, 0.717) is 20.6 Å². The van der Waals surface area contributed by atoms with Crippen molar-refractivity contribution in [1.29, 1.82) is 0 Å². The van der Waals surface area contributed by atoms with Crippen LogP contribution >= 0.6 is 27.5 Å². The molecule has 0 N–H and O–H groups in total. The number of halogens is 5. The monoisotopic (exact) mass is 376 g/mol. The molecule has 0 saturated heterocycles. The maximum absolute atomic E-state index is 12.5. The summed E-state index contributed by atoms with van der Waals surface area (Å²) in [7, 11) is 0. The molecular formula is C15H9BrClF3O. The number of hydrogen-bond donors (Lipinski definition) is 0. The molecule has 6 heteroatoms. The Hall–Kier alpha value is -1.33. The molecule has 0 saturated carbocycles. The number of ketones is 1. The van der Waals surface area contributed by atoms with Crippen LogP contribution < -0.4 is 0 Å². The number of hydrogen-bond acceptors (Lipinski definition) is 1. The maximum atomic E-state index is 12.5. The molecule has 0 aliphatic rings. The smallest absolute Gasteiger partial charge is 0.294 e. The fourth-order valence-electron chi connectivity index (χ4n) is 1.80. The van der Waals surface area contributed by atoms with E-state index >= 15 is 0 Å². The summed E-state index contributed by atoms with van der Waals surface area (Å²) in [6, 6.07) is 9.37. The van der Waals surface area contributed by atoms with Gasteiger partial charge >= 0.3 is 6.18 Å². The van der Waals surface area contributed by atoms with Crippen molar-refractivity contribution in [2.45, 2.75) is 12.6 Å². The van der Waals surface area contributed by atoms with E-state index in [1.165, 1.54) is 18.2 Å². The Kier molecular flexibility index (Phi) is 4.74. The van der Waals surface area contributed by atoms with E-state index in [1.54, 1.807) is 12.1 Å². The third kappa shape index (κ3) is 4.08. The summed E-state index contributed by atoms with van der Waals surface area (Å²) in [5, 5.41) is 0.425. The summed E-state index contributed by atoms with van der Waals surface area (Å²) >= 11 is 9.09. The lowest BCUT2D eigenvalue weighted by atomic mass is 10.0. The van der Waals surface area contributed by atoms with Crippen molar-refractivity contribution in [3.63, 3.8) is 0 Å². The molecule has 0 amide bonds. The standard InChI is InChI=1S/C15H9BrClF3O/c16-13-6-5-11(17)8-12(13)14(21)7-9-1-3-10(4-2-9)15(18,19)20/h1-6,8H,7H2. The highest BCUT2D eigenvalue weighted by molar-refractivity contribution is 9.10. The molecule has 0 radical (unpaired) electrons. The van der Waals surface area contributed by atoms with Gasteiger partial charge in [0.05, 0.1) is 5.56 Å². The van der Waals surface area contributed by atoms with Crippen LogP contribution in [0.4, 0.5) is 13.2 Å². The molecule has 0 unspecified atom stereocenters. The fourth-order valence-corrected chi connectivity index (χ4v) is 2.44. The van der Waals surface area contributed by atoms with Crippen LogP contribution in [-0.4, -0.2) is 5.78 Å². The van der Waals surface area contributed by atoms with Crippen molar-refractivity contribution in [2.24, 2.45) is 0 Å². The minimum atomic E-state index is -4.38. The number of benzene rings is 2. The minimum Gasteiger partial charge on any atom is -0.294 e. The highest BCUT2D eigenvalue weighted by Gasteiger charge is 2.30. The Bertz CT molecular complexity index is 666. The molecule has 0 fully saturated rings. The maximum Gasteiger partial charge on any atom is 0.416 e. The van der Waals surface area contributed by atoms with Gasteiger partial charge in [0.1, 0.15) is 0 Å². The predicted molar refractivity (Wildman–Crippen MR) is 78.6 cm³/mol. The van der Waals surface area contributed by atoms with Crippen molar-refractivity contribution in [3.05, 3.63) is 68.7 Å². The van der Waals surface area contributed by atoms with E-state index in [9.17, 15) is 18.0 Å².